The molecule has 1 unspecified atom stereocenters. The maximum atomic E-state index is 12.7. The Morgan fingerprint density at radius 2 is 1.78 bits per heavy atom. The molecule has 0 spiro atoms. The molecular weight excluding hydrogens is 555 g/mol. The predicted molar refractivity (Wildman–Crippen MR) is 125 cm³/mol. The number of amidine groups is 1. The molecule has 1 aliphatic rings. The molecule has 0 aromatic heterocycles. The Kier molecular flexibility index (Phi) is 8.01. The van der Waals surface area contributed by atoms with E-state index in [1.165, 1.54) is 61.1 Å². The number of nitrogens with zero attached hydrogens (tertiary/aromatic N) is 3. The summed E-state index contributed by atoms with van der Waals surface area (Å²) >= 11 is 7.28. The standard InChI is InChI=1S/C19H19ClF3N3O3S2.BrH/c1-25(2)31(28,29)16-10-13(6-9-15(16)20)18(27)11-30-17(26(18)3)24-14-7-4-12(5-8-14)19(21,22)23;/h4-10,27H,11H2,1-3H3;1H. The highest BCUT2D eigenvalue weighted by molar-refractivity contribution is 8.93. The lowest BCUT2D eigenvalue weighted by Crippen LogP contribution is -2.42. The Balaban J connectivity index is 0.00000363. The van der Waals surface area contributed by atoms with E-state index >= 15 is 0 Å². The summed E-state index contributed by atoms with van der Waals surface area (Å²) in [5.41, 5.74) is -1.78. The maximum absolute atomic E-state index is 12.7. The Morgan fingerprint density at radius 1 is 1.19 bits per heavy atom. The average Bonchev–Trinajstić information content (AvgIpc) is 2.97. The Bertz CT molecular complexity index is 1130. The molecule has 1 saturated heterocycles. The summed E-state index contributed by atoms with van der Waals surface area (Å²) in [5, 5.41) is 11.7. The highest BCUT2D eigenvalue weighted by atomic mass is 79.9. The number of halogens is 5. The van der Waals surface area contributed by atoms with Gasteiger partial charge in [-0.3, -0.25) is 0 Å². The largest absolute Gasteiger partial charge is 0.416 e. The van der Waals surface area contributed by atoms with Crippen molar-refractivity contribution in [1.82, 2.24) is 9.21 Å². The first-order chi connectivity index (χ1) is 14.3. The van der Waals surface area contributed by atoms with E-state index in [0.717, 1.165) is 16.4 Å². The molecule has 1 aliphatic heterocycles. The molecule has 6 nitrogen and oxygen atoms in total. The number of aliphatic hydroxyl groups is 1. The van der Waals surface area contributed by atoms with Gasteiger partial charge in [0.15, 0.2) is 10.9 Å². The van der Waals surface area contributed by atoms with Gasteiger partial charge in [-0.2, -0.15) is 13.2 Å². The van der Waals surface area contributed by atoms with Gasteiger partial charge in [0.1, 0.15) is 4.90 Å². The van der Waals surface area contributed by atoms with Gasteiger partial charge < -0.3 is 10.0 Å². The Morgan fingerprint density at radius 3 is 2.31 bits per heavy atom. The van der Waals surface area contributed by atoms with Crippen LogP contribution in [0.2, 0.25) is 5.02 Å². The summed E-state index contributed by atoms with van der Waals surface area (Å²) in [7, 11) is 0.477. The number of aliphatic imine (C=N–C) groups is 1. The van der Waals surface area contributed by atoms with E-state index in [4.69, 9.17) is 11.6 Å². The van der Waals surface area contributed by atoms with Crippen LogP contribution in [-0.4, -0.2) is 54.8 Å². The van der Waals surface area contributed by atoms with Crippen LogP contribution in [0, 0.1) is 0 Å². The van der Waals surface area contributed by atoms with E-state index in [1.807, 2.05) is 0 Å². The molecule has 32 heavy (non-hydrogen) atoms. The molecule has 0 radical (unpaired) electrons. The number of hydrogen-bond acceptors (Lipinski definition) is 5. The summed E-state index contributed by atoms with van der Waals surface area (Å²) < 4.78 is 64.3. The van der Waals surface area contributed by atoms with Gasteiger partial charge in [0.05, 0.1) is 22.0 Å². The predicted octanol–water partition coefficient (Wildman–Crippen LogP) is 4.70. The van der Waals surface area contributed by atoms with E-state index in [1.54, 1.807) is 7.05 Å². The first-order valence-electron chi connectivity index (χ1n) is 8.84. The zero-order chi connectivity index (χ0) is 23.2. The van der Waals surface area contributed by atoms with Crippen molar-refractivity contribution in [3.63, 3.8) is 0 Å². The van der Waals surface area contributed by atoms with Gasteiger partial charge in [0, 0.05) is 26.7 Å². The maximum Gasteiger partial charge on any atom is 0.416 e. The molecule has 3 rings (SSSR count). The number of sulfonamides is 1. The van der Waals surface area contributed by atoms with E-state index in [9.17, 15) is 26.7 Å². The lowest BCUT2D eigenvalue weighted by Gasteiger charge is -2.31. The van der Waals surface area contributed by atoms with Crippen molar-refractivity contribution in [2.24, 2.45) is 4.99 Å². The molecule has 0 bridgehead atoms. The number of benzene rings is 2. The van der Waals surface area contributed by atoms with E-state index in [2.05, 4.69) is 4.99 Å². The molecule has 0 saturated carbocycles. The van der Waals surface area contributed by atoms with Crippen LogP contribution in [0.4, 0.5) is 18.9 Å². The van der Waals surface area contributed by atoms with Gasteiger partial charge in [-0.25, -0.2) is 17.7 Å². The number of alkyl halides is 3. The molecule has 2 aromatic rings. The van der Waals surface area contributed by atoms with E-state index in [-0.39, 0.29) is 32.7 Å². The molecule has 1 fully saturated rings. The van der Waals surface area contributed by atoms with Crippen molar-refractivity contribution in [3.8, 4) is 0 Å². The molecule has 2 aromatic carbocycles. The first kappa shape index (κ1) is 26.9. The lowest BCUT2D eigenvalue weighted by atomic mass is 10.0. The summed E-state index contributed by atoms with van der Waals surface area (Å²) in [6, 6.07) is 8.59. The third-order valence-corrected chi connectivity index (χ3v) is 8.28. The van der Waals surface area contributed by atoms with Crippen LogP contribution < -0.4 is 0 Å². The third-order valence-electron chi connectivity index (χ3n) is 4.82. The van der Waals surface area contributed by atoms with Crippen molar-refractivity contribution < 1.29 is 26.7 Å². The fraction of sp³-hybridized carbons (Fsp3) is 0.316. The zero-order valence-electron chi connectivity index (χ0n) is 17.1. The number of hydrogen-bond donors (Lipinski definition) is 1. The minimum atomic E-state index is -4.44. The summed E-state index contributed by atoms with van der Waals surface area (Å²) in [6.45, 7) is 0. The molecule has 1 N–H and O–H groups in total. The molecule has 176 valence electrons. The summed E-state index contributed by atoms with van der Waals surface area (Å²) in [5.74, 6) is 0.131. The molecular formula is C19H20BrClF3N3O3S2. The van der Waals surface area contributed by atoms with Crippen molar-refractivity contribution in [3.05, 3.63) is 58.6 Å². The van der Waals surface area contributed by atoms with Gasteiger partial charge in [-0.15, -0.1) is 17.0 Å². The normalized spacial score (nSPS) is 20.7. The Labute approximate surface area is 203 Å². The molecule has 1 heterocycles. The average molecular weight is 575 g/mol. The van der Waals surface area contributed by atoms with Crippen LogP contribution in [0.3, 0.4) is 0 Å². The second-order valence-electron chi connectivity index (χ2n) is 7.04. The summed E-state index contributed by atoms with van der Waals surface area (Å²) in [4.78, 5) is 5.63. The van der Waals surface area contributed by atoms with Gasteiger partial charge in [0.2, 0.25) is 10.0 Å². The smallest absolute Gasteiger partial charge is 0.366 e. The topological polar surface area (TPSA) is 73.2 Å². The van der Waals surface area contributed by atoms with Crippen LogP contribution in [0.25, 0.3) is 0 Å². The molecule has 1 atom stereocenters. The van der Waals surface area contributed by atoms with E-state index in [0.29, 0.717) is 16.4 Å². The first-order valence-corrected chi connectivity index (χ1v) is 11.6. The molecule has 0 aliphatic carbocycles. The van der Waals surface area contributed by atoms with Gasteiger partial charge >= 0.3 is 6.18 Å². The quantitative estimate of drug-likeness (QED) is 0.573. The van der Waals surface area contributed by atoms with Crippen LogP contribution in [0.5, 0.6) is 0 Å². The van der Waals surface area contributed by atoms with Crippen LogP contribution in [0.1, 0.15) is 11.1 Å². The minimum Gasteiger partial charge on any atom is -0.366 e. The van der Waals surface area contributed by atoms with Gasteiger partial charge in [-0.05, 0) is 36.4 Å². The Hall–Kier alpha value is -1.31. The number of thioether (sulfide) groups is 1. The number of rotatable bonds is 4. The third kappa shape index (κ3) is 5.10. The monoisotopic (exact) mass is 573 g/mol. The zero-order valence-corrected chi connectivity index (χ0v) is 21.2. The highest BCUT2D eigenvalue weighted by Gasteiger charge is 2.43. The fourth-order valence-electron chi connectivity index (χ4n) is 2.88. The van der Waals surface area contributed by atoms with Crippen molar-refractivity contribution in [2.45, 2.75) is 16.8 Å². The van der Waals surface area contributed by atoms with Crippen molar-refractivity contribution in [1.29, 1.82) is 0 Å². The van der Waals surface area contributed by atoms with Crippen LogP contribution in [0.15, 0.2) is 52.4 Å². The van der Waals surface area contributed by atoms with Gasteiger partial charge in [-0.1, -0.05) is 29.4 Å². The minimum absolute atomic E-state index is 0. The van der Waals surface area contributed by atoms with Crippen LogP contribution >= 0.6 is 40.3 Å². The van der Waals surface area contributed by atoms with Crippen LogP contribution in [-0.2, 0) is 21.9 Å². The van der Waals surface area contributed by atoms with Gasteiger partial charge in [0.25, 0.3) is 0 Å². The molecule has 0 amide bonds. The summed E-state index contributed by atoms with van der Waals surface area (Å²) in [6.07, 6.45) is -4.44. The van der Waals surface area contributed by atoms with E-state index < -0.39 is 27.5 Å². The SMILES string of the molecule is Br.CN1C(=Nc2ccc(C(F)(F)F)cc2)SCC1(O)c1ccc(Cl)c(S(=O)(=O)N(C)C)c1. The lowest BCUT2D eigenvalue weighted by molar-refractivity contribution is -0.137. The van der Waals surface area contributed by atoms with Crippen molar-refractivity contribution >= 4 is 61.2 Å². The van der Waals surface area contributed by atoms with Crippen molar-refractivity contribution in [2.75, 3.05) is 26.9 Å². The highest BCUT2D eigenvalue weighted by Crippen LogP contribution is 2.40. The second kappa shape index (κ2) is 9.51. The fourth-order valence-corrected chi connectivity index (χ4v) is 5.48. The molecule has 13 heteroatoms. The second-order valence-corrected chi connectivity index (χ2v) is 10.5.